The van der Waals surface area contributed by atoms with Gasteiger partial charge in [0, 0.05) is 20.9 Å². The molecule has 18 heavy (non-hydrogen) atoms. The van der Waals surface area contributed by atoms with Crippen LogP contribution in [0.2, 0.25) is 5.02 Å². The quantitative estimate of drug-likeness (QED) is 0.860. The van der Waals surface area contributed by atoms with Crippen LogP contribution in [0.4, 0.5) is 0 Å². The van der Waals surface area contributed by atoms with Gasteiger partial charge in [0.05, 0.1) is 0 Å². The van der Waals surface area contributed by atoms with E-state index >= 15 is 0 Å². The Morgan fingerprint density at radius 2 is 1.50 bits per heavy atom. The molecule has 0 unspecified atom stereocenters. The molecule has 3 heteroatoms. The van der Waals surface area contributed by atoms with E-state index in [1.807, 2.05) is 24.3 Å². The minimum atomic E-state index is 0.139. The third-order valence-electron chi connectivity index (χ3n) is 2.80. The van der Waals surface area contributed by atoms with Crippen molar-refractivity contribution < 1.29 is 0 Å². The van der Waals surface area contributed by atoms with Crippen LogP contribution < -0.4 is 5.73 Å². The molecule has 2 aromatic carbocycles. The van der Waals surface area contributed by atoms with Gasteiger partial charge in [0.15, 0.2) is 0 Å². The first kappa shape index (κ1) is 13.5. The standard InChI is InChI=1S/C15H16ClNS/c1-2-15(17)11-3-7-13(8-4-11)18-14-9-5-12(16)6-10-14/h3-10,15H,2,17H2,1H3/t15-/m1/s1. The van der Waals surface area contributed by atoms with Gasteiger partial charge in [-0.05, 0) is 48.4 Å². The zero-order chi connectivity index (χ0) is 13.0. The van der Waals surface area contributed by atoms with E-state index in [2.05, 4.69) is 31.2 Å². The van der Waals surface area contributed by atoms with Crippen molar-refractivity contribution in [3.8, 4) is 0 Å². The van der Waals surface area contributed by atoms with Gasteiger partial charge in [0.25, 0.3) is 0 Å². The van der Waals surface area contributed by atoms with Crippen LogP contribution in [-0.2, 0) is 0 Å². The van der Waals surface area contributed by atoms with Crippen LogP contribution in [0.25, 0.3) is 0 Å². The normalized spacial score (nSPS) is 12.4. The highest BCUT2D eigenvalue weighted by Gasteiger charge is 2.03. The van der Waals surface area contributed by atoms with Gasteiger partial charge in [0.2, 0.25) is 0 Å². The maximum Gasteiger partial charge on any atom is 0.0406 e. The summed E-state index contributed by atoms with van der Waals surface area (Å²) >= 11 is 7.59. The highest BCUT2D eigenvalue weighted by molar-refractivity contribution is 7.99. The molecule has 0 saturated carbocycles. The Labute approximate surface area is 117 Å². The Hall–Kier alpha value is -0.960. The summed E-state index contributed by atoms with van der Waals surface area (Å²) in [6.45, 7) is 2.10. The van der Waals surface area contributed by atoms with E-state index in [-0.39, 0.29) is 6.04 Å². The number of nitrogens with two attached hydrogens (primary N) is 1. The molecule has 0 heterocycles. The van der Waals surface area contributed by atoms with Gasteiger partial charge in [0.1, 0.15) is 0 Å². The Kier molecular flexibility index (Phi) is 4.70. The van der Waals surface area contributed by atoms with E-state index in [1.54, 1.807) is 11.8 Å². The Morgan fingerprint density at radius 3 is 2.00 bits per heavy atom. The van der Waals surface area contributed by atoms with Gasteiger partial charge in [-0.15, -0.1) is 0 Å². The van der Waals surface area contributed by atoms with Crippen LogP contribution in [0.5, 0.6) is 0 Å². The number of rotatable bonds is 4. The molecule has 1 atom stereocenters. The largest absolute Gasteiger partial charge is 0.324 e. The van der Waals surface area contributed by atoms with Gasteiger partial charge < -0.3 is 5.73 Å². The molecule has 0 aliphatic heterocycles. The molecule has 2 aromatic rings. The second-order valence-electron chi connectivity index (χ2n) is 4.14. The molecule has 0 bridgehead atoms. The summed E-state index contributed by atoms with van der Waals surface area (Å²) in [6.07, 6.45) is 0.962. The first-order chi connectivity index (χ1) is 8.69. The van der Waals surface area contributed by atoms with Crippen molar-refractivity contribution in [1.29, 1.82) is 0 Å². The Bertz CT molecular complexity index is 493. The van der Waals surface area contributed by atoms with Crippen LogP contribution in [0.1, 0.15) is 24.9 Å². The van der Waals surface area contributed by atoms with Crippen LogP contribution in [-0.4, -0.2) is 0 Å². The van der Waals surface area contributed by atoms with Crippen LogP contribution in [0.15, 0.2) is 58.3 Å². The second-order valence-corrected chi connectivity index (χ2v) is 5.72. The lowest BCUT2D eigenvalue weighted by molar-refractivity contribution is 0.698. The molecule has 2 N–H and O–H groups in total. The lowest BCUT2D eigenvalue weighted by Crippen LogP contribution is -2.07. The predicted molar refractivity (Wildman–Crippen MR) is 79.2 cm³/mol. The molecule has 2 rings (SSSR count). The molecule has 0 fully saturated rings. The van der Waals surface area contributed by atoms with Crippen molar-refractivity contribution in [3.63, 3.8) is 0 Å². The molecule has 94 valence electrons. The summed E-state index contributed by atoms with van der Waals surface area (Å²) in [4.78, 5) is 2.40. The summed E-state index contributed by atoms with van der Waals surface area (Å²) in [5, 5.41) is 0.767. The molecule has 0 spiro atoms. The zero-order valence-electron chi connectivity index (χ0n) is 10.3. The van der Waals surface area contributed by atoms with E-state index in [9.17, 15) is 0 Å². The maximum absolute atomic E-state index is 5.99. The van der Waals surface area contributed by atoms with Gasteiger partial charge in [-0.25, -0.2) is 0 Å². The third kappa shape index (κ3) is 3.52. The van der Waals surface area contributed by atoms with Crippen molar-refractivity contribution in [2.45, 2.75) is 29.2 Å². The van der Waals surface area contributed by atoms with E-state index in [0.29, 0.717) is 0 Å². The molecule has 0 aromatic heterocycles. The summed E-state index contributed by atoms with van der Waals surface area (Å²) in [5.41, 5.74) is 7.18. The summed E-state index contributed by atoms with van der Waals surface area (Å²) in [5.74, 6) is 0. The summed E-state index contributed by atoms with van der Waals surface area (Å²) in [7, 11) is 0. The van der Waals surface area contributed by atoms with Gasteiger partial charge in [-0.2, -0.15) is 0 Å². The molecule has 0 aliphatic carbocycles. The van der Waals surface area contributed by atoms with Crippen LogP contribution in [0, 0.1) is 0 Å². The lowest BCUT2D eigenvalue weighted by atomic mass is 10.1. The minimum Gasteiger partial charge on any atom is -0.324 e. The highest BCUT2D eigenvalue weighted by atomic mass is 35.5. The number of benzene rings is 2. The summed E-state index contributed by atoms with van der Waals surface area (Å²) < 4.78 is 0. The van der Waals surface area contributed by atoms with Crippen LogP contribution in [0.3, 0.4) is 0 Å². The SMILES string of the molecule is CC[C@@H](N)c1ccc(Sc2ccc(Cl)cc2)cc1. The zero-order valence-corrected chi connectivity index (χ0v) is 11.8. The van der Waals surface area contributed by atoms with Crippen molar-refractivity contribution >= 4 is 23.4 Å². The lowest BCUT2D eigenvalue weighted by Gasteiger charge is -2.09. The van der Waals surface area contributed by atoms with Crippen molar-refractivity contribution in [3.05, 3.63) is 59.1 Å². The number of hydrogen-bond donors (Lipinski definition) is 1. The van der Waals surface area contributed by atoms with Gasteiger partial charge in [-0.3, -0.25) is 0 Å². The Morgan fingerprint density at radius 1 is 1.00 bits per heavy atom. The smallest absolute Gasteiger partial charge is 0.0406 e. The molecule has 1 nitrogen and oxygen atoms in total. The van der Waals surface area contributed by atoms with Crippen molar-refractivity contribution in [2.24, 2.45) is 5.73 Å². The maximum atomic E-state index is 5.99. The van der Waals surface area contributed by atoms with E-state index in [4.69, 9.17) is 17.3 Å². The van der Waals surface area contributed by atoms with Crippen molar-refractivity contribution in [1.82, 2.24) is 0 Å². The molecular weight excluding hydrogens is 262 g/mol. The summed E-state index contributed by atoms with van der Waals surface area (Å²) in [6, 6.07) is 16.4. The van der Waals surface area contributed by atoms with E-state index in [1.165, 1.54) is 15.4 Å². The fourth-order valence-electron chi connectivity index (χ4n) is 1.66. The predicted octanol–water partition coefficient (Wildman–Crippen LogP) is 4.90. The fourth-order valence-corrected chi connectivity index (χ4v) is 2.60. The molecule has 0 aliphatic rings. The van der Waals surface area contributed by atoms with E-state index < -0.39 is 0 Å². The molecular formula is C15H16ClNS. The highest BCUT2D eigenvalue weighted by Crippen LogP contribution is 2.29. The number of halogens is 1. The third-order valence-corrected chi connectivity index (χ3v) is 4.07. The van der Waals surface area contributed by atoms with Crippen LogP contribution >= 0.6 is 23.4 Å². The first-order valence-corrected chi connectivity index (χ1v) is 7.17. The first-order valence-electron chi connectivity index (χ1n) is 5.98. The molecule has 0 saturated heterocycles. The average Bonchev–Trinajstić information content (AvgIpc) is 2.41. The number of hydrogen-bond acceptors (Lipinski definition) is 2. The molecule has 0 amide bonds. The monoisotopic (exact) mass is 277 g/mol. The topological polar surface area (TPSA) is 26.0 Å². The minimum absolute atomic E-state index is 0.139. The Balaban J connectivity index is 2.08. The van der Waals surface area contributed by atoms with Gasteiger partial charge in [-0.1, -0.05) is 42.4 Å². The van der Waals surface area contributed by atoms with Crippen molar-refractivity contribution in [2.75, 3.05) is 0 Å². The van der Waals surface area contributed by atoms with Gasteiger partial charge >= 0.3 is 0 Å². The average molecular weight is 278 g/mol. The second kappa shape index (κ2) is 6.28. The fraction of sp³-hybridized carbons (Fsp3) is 0.200. The molecule has 0 radical (unpaired) electrons. The van der Waals surface area contributed by atoms with E-state index in [0.717, 1.165) is 11.4 Å².